The molecule has 0 aliphatic rings. The predicted molar refractivity (Wildman–Crippen MR) is 67.0 cm³/mol. The molecule has 0 aliphatic carbocycles. The fraction of sp³-hybridized carbons (Fsp3) is 0.143. The van der Waals surface area contributed by atoms with E-state index in [0.29, 0.717) is 5.69 Å². The van der Waals surface area contributed by atoms with Crippen LogP contribution >= 0.6 is 0 Å². The summed E-state index contributed by atoms with van der Waals surface area (Å²) < 4.78 is 26.8. The summed E-state index contributed by atoms with van der Waals surface area (Å²) in [5.41, 5.74) is -0.0149. The van der Waals surface area contributed by atoms with Crippen molar-refractivity contribution in [2.24, 2.45) is 0 Å². The number of nitrogens with one attached hydrogen (secondary N) is 1. The van der Waals surface area contributed by atoms with Gasteiger partial charge in [0.2, 0.25) is 0 Å². The lowest BCUT2D eigenvalue weighted by Gasteiger charge is -2.04. The van der Waals surface area contributed by atoms with E-state index in [9.17, 15) is 18.4 Å². The van der Waals surface area contributed by atoms with Gasteiger partial charge in [0, 0.05) is 11.3 Å². The molecule has 2 aromatic rings. The van der Waals surface area contributed by atoms with Crippen LogP contribution in [0, 0.1) is 25.5 Å². The van der Waals surface area contributed by atoms with E-state index >= 15 is 0 Å². The Morgan fingerprint density at radius 2 is 1.85 bits per heavy atom. The van der Waals surface area contributed by atoms with Gasteiger partial charge in [0.05, 0.1) is 5.56 Å². The van der Waals surface area contributed by atoms with E-state index < -0.39 is 29.0 Å². The van der Waals surface area contributed by atoms with Crippen molar-refractivity contribution >= 4 is 11.8 Å². The standard InChI is InChI=1S/C14H11F2NO3/c1-6-11(7(2)17-12(6)14(19)20)13(18)9-5-8(15)3-4-10(9)16/h3-5,17H,1-2H3,(H,19,20). The van der Waals surface area contributed by atoms with Crippen LogP contribution in [-0.2, 0) is 0 Å². The number of aromatic nitrogens is 1. The van der Waals surface area contributed by atoms with Crippen LogP contribution in [0.5, 0.6) is 0 Å². The Morgan fingerprint density at radius 3 is 2.40 bits per heavy atom. The van der Waals surface area contributed by atoms with Crippen molar-refractivity contribution in [2.75, 3.05) is 0 Å². The van der Waals surface area contributed by atoms with Crippen LogP contribution in [-0.4, -0.2) is 21.8 Å². The summed E-state index contributed by atoms with van der Waals surface area (Å²) in [6, 6.07) is 2.56. The largest absolute Gasteiger partial charge is 0.477 e. The molecule has 0 unspecified atom stereocenters. The smallest absolute Gasteiger partial charge is 0.352 e. The van der Waals surface area contributed by atoms with Gasteiger partial charge in [-0.25, -0.2) is 13.6 Å². The minimum Gasteiger partial charge on any atom is -0.477 e. The highest BCUT2D eigenvalue weighted by molar-refractivity contribution is 6.12. The number of carbonyl (C=O) groups is 2. The summed E-state index contributed by atoms with van der Waals surface area (Å²) in [6.07, 6.45) is 0. The van der Waals surface area contributed by atoms with Crippen LogP contribution in [0.2, 0.25) is 0 Å². The van der Waals surface area contributed by atoms with Gasteiger partial charge in [0.15, 0.2) is 5.78 Å². The molecule has 6 heteroatoms. The number of rotatable bonds is 3. The minimum absolute atomic E-state index is 0.0481. The van der Waals surface area contributed by atoms with E-state index in [2.05, 4.69) is 4.98 Å². The van der Waals surface area contributed by atoms with E-state index in [1.165, 1.54) is 13.8 Å². The van der Waals surface area contributed by atoms with Gasteiger partial charge in [-0.2, -0.15) is 0 Å². The molecule has 20 heavy (non-hydrogen) atoms. The third-order valence-corrected chi connectivity index (χ3v) is 3.05. The maximum absolute atomic E-state index is 13.6. The molecule has 2 rings (SSSR count). The zero-order valence-electron chi connectivity index (χ0n) is 10.8. The fourth-order valence-electron chi connectivity index (χ4n) is 2.11. The van der Waals surface area contributed by atoms with Crippen molar-refractivity contribution in [3.63, 3.8) is 0 Å². The molecule has 0 fully saturated rings. The number of carboxylic acids is 1. The van der Waals surface area contributed by atoms with Crippen molar-refractivity contribution in [2.45, 2.75) is 13.8 Å². The zero-order chi connectivity index (χ0) is 15.0. The molecule has 0 saturated carbocycles. The Labute approximate surface area is 113 Å². The number of aromatic amines is 1. The summed E-state index contributed by atoms with van der Waals surface area (Å²) in [5, 5.41) is 8.98. The Balaban J connectivity index is 2.60. The van der Waals surface area contributed by atoms with Crippen LogP contribution in [0.15, 0.2) is 18.2 Å². The molecule has 0 saturated heterocycles. The highest BCUT2D eigenvalue weighted by Gasteiger charge is 2.24. The average Bonchev–Trinajstić information content (AvgIpc) is 2.67. The number of hydrogen-bond donors (Lipinski definition) is 2. The minimum atomic E-state index is -1.22. The molecule has 0 radical (unpaired) electrons. The second kappa shape index (κ2) is 4.88. The van der Waals surface area contributed by atoms with Gasteiger partial charge in [-0.3, -0.25) is 4.79 Å². The van der Waals surface area contributed by atoms with Crippen LogP contribution < -0.4 is 0 Å². The molecule has 0 atom stereocenters. The number of aryl methyl sites for hydroxylation is 1. The fourth-order valence-corrected chi connectivity index (χ4v) is 2.11. The van der Waals surface area contributed by atoms with Gasteiger partial charge in [-0.05, 0) is 37.6 Å². The number of carboxylic acid groups (broad SMARTS) is 1. The molecule has 1 heterocycles. The molecule has 1 aromatic carbocycles. The maximum Gasteiger partial charge on any atom is 0.352 e. The van der Waals surface area contributed by atoms with Crippen LogP contribution in [0.4, 0.5) is 8.78 Å². The van der Waals surface area contributed by atoms with Crippen molar-refractivity contribution in [1.82, 2.24) is 4.98 Å². The Hall–Kier alpha value is -2.50. The molecule has 4 nitrogen and oxygen atoms in total. The molecule has 1 aromatic heterocycles. The van der Waals surface area contributed by atoms with Crippen LogP contribution in [0.25, 0.3) is 0 Å². The summed E-state index contributed by atoms with van der Waals surface area (Å²) >= 11 is 0. The Kier molecular flexibility index (Phi) is 3.40. The summed E-state index contributed by atoms with van der Waals surface area (Å²) in [7, 11) is 0. The first-order chi connectivity index (χ1) is 9.32. The highest BCUT2D eigenvalue weighted by Crippen LogP contribution is 2.23. The molecule has 0 spiro atoms. The van der Waals surface area contributed by atoms with E-state index in [1.807, 2.05) is 0 Å². The van der Waals surface area contributed by atoms with Crippen LogP contribution in [0.1, 0.15) is 37.7 Å². The first kappa shape index (κ1) is 13.9. The summed E-state index contributed by atoms with van der Waals surface area (Å²) in [4.78, 5) is 25.8. The first-order valence-electron chi connectivity index (χ1n) is 5.75. The monoisotopic (exact) mass is 279 g/mol. The molecule has 0 bridgehead atoms. The first-order valence-corrected chi connectivity index (χ1v) is 5.75. The van der Waals surface area contributed by atoms with E-state index in [0.717, 1.165) is 18.2 Å². The van der Waals surface area contributed by atoms with Crippen LogP contribution in [0.3, 0.4) is 0 Å². The number of hydrogen-bond acceptors (Lipinski definition) is 2. The van der Waals surface area contributed by atoms with Crippen molar-refractivity contribution in [1.29, 1.82) is 0 Å². The zero-order valence-corrected chi connectivity index (χ0v) is 10.8. The predicted octanol–water partition coefficient (Wildman–Crippen LogP) is 2.84. The summed E-state index contributed by atoms with van der Waals surface area (Å²) in [5.74, 6) is -3.56. The quantitative estimate of drug-likeness (QED) is 0.849. The molecule has 104 valence electrons. The number of aromatic carboxylic acids is 1. The average molecular weight is 279 g/mol. The van der Waals surface area contributed by atoms with Gasteiger partial charge in [0.1, 0.15) is 17.3 Å². The second-order valence-electron chi connectivity index (χ2n) is 4.38. The molecule has 2 N–H and O–H groups in total. The van der Waals surface area contributed by atoms with Crippen molar-refractivity contribution < 1.29 is 23.5 Å². The molecular formula is C14H11F2NO3. The Bertz CT molecular complexity index is 719. The topological polar surface area (TPSA) is 70.2 Å². The number of carbonyl (C=O) groups excluding carboxylic acids is 1. The summed E-state index contributed by atoms with van der Waals surface area (Å²) in [6.45, 7) is 2.95. The number of benzene rings is 1. The van der Waals surface area contributed by atoms with E-state index in [4.69, 9.17) is 5.11 Å². The van der Waals surface area contributed by atoms with Gasteiger partial charge in [-0.15, -0.1) is 0 Å². The SMILES string of the molecule is Cc1[nH]c(C(=O)O)c(C)c1C(=O)c1cc(F)ccc1F. The van der Waals surface area contributed by atoms with Crippen molar-refractivity contribution in [3.05, 3.63) is 57.9 Å². The lowest BCUT2D eigenvalue weighted by Crippen LogP contribution is -2.07. The van der Waals surface area contributed by atoms with Gasteiger partial charge in [0.25, 0.3) is 0 Å². The van der Waals surface area contributed by atoms with E-state index in [-0.39, 0.29) is 16.8 Å². The molecular weight excluding hydrogens is 268 g/mol. The number of halogens is 2. The third kappa shape index (κ3) is 2.20. The lowest BCUT2D eigenvalue weighted by molar-refractivity contribution is 0.0690. The number of H-pyrrole nitrogens is 1. The van der Waals surface area contributed by atoms with Gasteiger partial charge < -0.3 is 10.1 Å². The Morgan fingerprint density at radius 1 is 1.20 bits per heavy atom. The highest BCUT2D eigenvalue weighted by atomic mass is 19.1. The lowest BCUT2D eigenvalue weighted by atomic mass is 9.99. The number of ketones is 1. The van der Waals surface area contributed by atoms with Gasteiger partial charge in [-0.1, -0.05) is 0 Å². The molecule has 0 aliphatic heterocycles. The third-order valence-electron chi connectivity index (χ3n) is 3.05. The van der Waals surface area contributed by atoms with E-state index in [1.54, 1.807) is 0 Å². The molecule has 0 amide bonds. The van der Waals surface area contributed by atoms with Gasteiger partial charge >= 0.3 is 5.97 Å². The normalized spacial score (nSPS) is 10.6. The maximum atomic E-state index is 13.6. The van der Waals surface area contributed by atoms with Crippen molar-refractivity contribution in [3.8, 4) is 0 Å². The second-order valence-corrected chi connectivity index (χ2v) is 4.38.